The Balaban J connectivity index is 1.37. The molecule has 0 N–H and O–H groups in total. The van der Waals surface area contributed by atoms with E-state index in [-0.39, 0.29) is 40.6 Å². The molecule has 1 aliphatic heterocycles. The van der Waals surface area contributed by atoms with Crippen LogP contribution in [0.15, 0.2) is 106 Å². The molecule has 0 bridgehead atoms. The van der Waals surface area contributed by atoms with Crippen LogP contribution in [-0.4, -0.2) is 48.6 Å². The van der Waals surface area contributed by atoms with Gasteiger partial charge in [-0.1, -0.05) is 0 Å². The maximum absolute atomic E-state index is 12.9. The number of allylic oxidation sites excluding steroid dienone is 1. The minimum atomic E-state index is -2.22. The van der Waals surface area contributed by atoms with E-state index in [0.717, 1.165) is 4.44 Å². The number of carbonyl (C=O) groups excluding carboxylic acids is 2. The van der Waals surface area contributed by atoms with Crippen molar-refractivity contribution in [3.8, 4) is 0 Å². The van der Waals surface area contributed by atoms with Crippen molar-refractivity contribution in [3.63, 3.8) is 0 Å². The molecule has 6 heteroatoms. The van der Waals surface area contributed by atoms with Crippen molar-refractivity contribution in [3.05, 3.63) is 122 Å². The first kappa shape index (κ1) is 22.9. The van der Waals surface area contributed by atoms with Gasteiger partial charge in [0, 0.05) is 0 Å². The normalized spacial score (nSPS) is 15.4. The number of nitrogens with zero attached hydrogens (tertiary/aromatic N) is 1. The second-order valence-electron chi connectivity index (χ2n) is 9.45. The number of hydrogen-bond donors (Lipinski definition) is 0. The van der Waals surface area contributed by atoms with Gasteiger partial charge >= 0.3 is 229 Å². The van der Waals surface area contributed by atoms with E-state index >= 15 is 0 Å². The molecule has 0 saturated heterocycles. The van der Waals surface area contributed by atoms with Crippen LogP contribution in [0, 0.1) is 0 Å². The van der Waals surface area contributed by atoms with Gasteiger partial charge in [-0.3, -0.25) is 0 Å². The van der Waals surface area contributed by atoms with E-state index in [1.165, 1.54) is 31.5 Å². The first-order valence-electron chi connectivity index (χ1n) is 12.1. The predicted molar refractivity (Wildman–Crippen MR) is 155 cm³/mol. The maximum atomic E-state index is 12.9. The summed E-state index contributed by atoms with van der Waals surface area (Å²) >= 11 is 0.0830. The summed E-state index contributed by atoms with van der Waals surface area (Å²) in [4.78, 5) is 32.0. The van der Waals surface area contributed by atoms with Crippen molar-refractivity contribution in [2.45, 2.75) is 6.55 Å². The molecule has 0 unspecified atom stereocenters. The molecule has 3 aromatic carbocycles. The zero-order valence-electron chi connectivity index (χ0n) is 20.0. The molecule has 37 heavy (non-hydrogen) atoms. The van der Waals surface area contributed by atoms with Crippen LogP contribution in [0.25, 0.3) is 6.08 Å². The molecule has 0 spiro atoms. The van der Waals surface area contributed by atoms with Crippen LogP contribution in [-0.2, 0) is 0 Å². The average molecular weight is 626 g/mol. The van der Waals surface area contributed by atoms with Crippen molar-refractivity contribution in [1.29, 1.82) is 0 Å². The van der Waals surface area contributed by atoms with Crippen molar-refractivity contribution in [2.75, 3.05) is 4.90 Å². The molecule has 3 heterocycles. The van der Waals surface area contributed by atoms with Crippen LogP contribution < -0.4 is 20.5 Å². The summed E-state index contributed by atoms with van der Waals surface area (Å²) in [6, 6.07) is 32.8. The molecule has 0 saturated carbocycles. The molecule has 3 nitrogen and oxygen atoms in total. The molecule has 0 atom stereocenters. The molecule has 0 fully saturated rings. The molecule has 2 aliphatic rings. The van der Waals surface area contributed by atoms with E-state index in [1.807, 2.05) is 16.0 Å². The van der Waals surface area contributed by atoms with Crippen molar-refractivity contribution >= 4 is 86.2 Å². The van der Waals surface area contributed by atoms with Crippen LogP contribution in [0.1, 0.15) is 25.2 Å². The van der Waals surface area contributed by atoms with Gasteiger partial charge in [-0.2, -0.15) is 0 Å². The third-order valence-electron chi connectivity index (χ3n) is 7.48. The first-order valence-corrected chi connectivity index (χ1v) is 18.3. The van der Waals surface area contributed by atoms with E-state index in [0.29, 0.717) is 16.7 Å². The van der Waals surface area contributed by atoms with Gasteiger partial charge in [0.15, 0.2) is 0 Å². The Hall–Kier alpha value is -3.24. The van der Waals surface area contributed by atoms with Crippen LogP contribution in [0.4, 0.5) is 15.9 Å². The molecule has 178 valence electrons. The van der Waals surface area contributed by atoms with Gasteiger partial charge in [0.2, 0.25) is 0 Å². The third kappa shape index (κ3) is 3.38. The number of benzene rings is 3. The monoisotopic (exact) mass is 627 g/mol. The van der Waals surface area contributed by atoms with Gasteiger partial charge in [0.05, 0.1) is 0 Å². The Morgan fingerprint density at radius 3 is 1.89 bits per heavy atom. The summed E-state index contributed by atoms with van der Waals surface area (Å²) in [7, 11) is -2.22. The van der Waals surface area contributed by atoms with Crippen LogP contribution in [0.5, 0.6) is 0 Å². The number of Topliss-reactive ketones (excluding diaryl/α,β-unsaturated/α-hetero) is 2. The number of hydrogen-bond acceptors (Lipinski definition) is 3. The SMILES string of the molecule is C[Si]1(c2ccccc2)c2ccccc2N(c2ccc(C=C3C(=O)c4c[se]cc4C3=O)[se]2)c2ccccc21. The van der Waals surface area contributed by atoms with Crippen molar-refractivity contribution in [1.82, 2.24) is 0 Å². The van der Waals surface area contributed by atoms with Crippen molar-refractivity contribution < 1.29 is 9.59 Å². The Kier molecular flexibility index (Phi) is 5.36. The number of anilines is 3. The number of carbonyl (C=O) groups is 2. The molecule has 7 rings (SSSR count). The van der Waals surface area contributed by atoms with Crippen LogP contribution in [0.3, 0.4) is 0 Å². The summed E-state index contributed by atoms with van der Waals surface area (Å²) in [5.41, 5.74) is 4.00. The minimum absolute atomic E-state index is 0.0414. The summed E-state index contributed by atoms with van der Waals surface area (Å²) < 4.78 is 2.26. The Labute approximate surface area is 228 Å². The molecule has 0 radical (unpaired) electrons. The number of para-hydroxylation sites is 2. The quantitative estimate of drug-likeness (QED) is 0.172. The van der Waals surface area contributed by atoms with E-state index in [4.69, 9.17) is 0 Å². The third-order valence-corrected chi connectivity index (χ3v) is 15.7. The van der Waals surface area contributed by atoms with Crippen LogP contribution in [0.2, 0.25) is 6.55 Å². The van der Waals surface area contributed by atoms with E-state index < -0.39 is 8.07 Å². The fourth-order valence-electron chi connectivity index (χ4n) is 5.63. The summed E-state index contributed by atoms with van der Waals surface area (Å²) in [5.74, 6) is -0.224. The summed E-state index contributed by atoms with van der Waals surface area (Å²) in [5, 5.41) is 4.20. The van der Waals surface area contributed by atoms with Crippen molar-refractivity contribution in [2.24, 2.45) is 0 Å². The standard InChI is InChI=1S/C31H21NO2Se2Si/c1-37(21-9-3-2-4-10-21)27-13-7-5-11-25(27)32(26-12-6-8-14-28(26)37)29-16-15-20(36-29)17-22-30(33)23-18-35-19-24(23)31(22)34/h2-19H,1H3. The molecular weight excluding hydrogens is 604 g/mol. The molecule has 2 aromatic heterocycles. The Morgan fingerprint density at radius 2 is 1.27 bits per heavy atom. The number of fused-ring (bicyclic) bond motifs is 3. The zero-order chi connectivity index (χ0) is 25.1. The molecular formula is C31H21NO2Se2Si. The number of rotatable bonds is 3. The topological polar surface area (TPSA) is 37.4 Å². The Bertz CT molecular complexity index is 1670. The second-order valence-corrected chi connectivity index (χ2v) is 17.2. The van der Waals surface area contributed by atoms with Gasteiger partial charge in [0.1, 0.15) is 0 Å². The molecule has 5 aromatic rings. The summed E-state index contributed by atoms with van der Waals surface area (Å²) in [6.45, 7) is 2.46. The fourth-order valence-corrected chi connectivity index (χ4v) is 13.4. The molecule has 1 aliphatic carbocycles. The van der Waals surface area contributed by atoms with Gasteiger partial charge in [-0.25, -0.2) is 0 Å². The second kappa shape index (κ2) is 8.66. The van der Waals surface area contributed by atoms with Crippen LogP contribution >= 0.6 is 0 Å². The van der Waals surface area contributed by atoms with Gasteiger partial charge < -0.3 is 0 Å². The summed E-state index contributed by atoms with van der Waals surface area (Å²) in [6.07, 6.45) is 1.84. The van der Waals surface area contributed by atoms with Gasteiger partial charge in [-0.05, 0) is 0 Å². The predicted octanol–water partition coefficient (Wildman–Crippen LogP) is 4.15. The average Bonchev–Trinajstić information content (AvgIpc) is 3.66. The Morgan fingerprint density at radius 1 is 0.703 bits per heavy atom. The van der Waals surface area contributed by atoms with Gasteiger partial charge in [0.25, 0.3) is 0 Å². The number of ketones is 2. The zero-order valence-corrected chi connectivity index (χ0v) is 24.4. The molecule has 0 amide bonds. The first-order chi connectivity index (χ1) is 18.1. The van der Waals surface area contributed by atoms with E-state index in [9.17, 15) is 9.59 Å². The van der Waals surface area contributed by atoms with E-state index in [1.54, 1.807) is 0 Å². The van der Waals surface area contributed by atoms with E-state index in [2.05, 4.69) is 102 Å². The fraction of sp³-hybridized carbons (Fsp3) is 0.0323. The van der Waals surface area contributed by atoms with Gasteiger partial charge in [-0.15, -0.1) is 0 Å².